The molecule has 1 fully saturated rings. The zero-order chi connectivity index (χ0) is 12.3. The third kappa shape index (κ3) is 6.71. The van der Waals surface area contributed by atoms with Gasteiger partial charge in [-0.1, -0.05) is 46.0 Å². The lowest BCUT2D eigenvalue weighted by molar-refractivity contribution is 0.435. The van der Waals surface area contributed by atoms with E-state index in [2.05, 4.69) is 30.9 Å². The number of rotatable bonds is 10. The molecule has 0 amide bonds. The Morgan fingerprint density at radius 2 is 1.94 bits per heavy atom. The highest BCUT2D eigenvalue weighted by Gasteiger charge is 2.24. The Kier molecular flexibility index (Phi) is 9.27. The fraction of sp³-hybridized carbons (Fsp3) is 1.00. The summed E-state index contributed by atoms with van der Waals surface area (Å²) in [5.74, 6) is 1.39. The maximum absolute atomic E-state index is 3.78. The summed E-state index contributed by atoms with van der Waals surface area (Å²) in [7, 11) is 0. The molecule has 1 nitrogen and oxygen atoms in total. The predicted octanol–water partition coefficient (Wildman–Crippen LogP) is 4.61. The van der Waals surface area contributed by atoms with Gasteiger partial charge in [0.1, 0.15) is 0 Å². The zero-order valence-electron chi connectivity index (χ0n) is 11.8. The Labute approximate surface area is 113 Å². The van der Waals surface area contributed by atoms with Crippen LogP contribution in [-0.4, -0.2) is 23.6 Å². The average molecular weight is 257 g/mol. The van der Waals surface area contributed by atoms with Crippen molar-refractivity contribution in [1.29, 1.82) is 0 Å². The average Bonchev–Trinajstić information content (AvgIpc) is 2.86. The van der Waals surface area contributed by atoms with Crippen molar-refractivity contribution in [2.24, 2.45) is 0 Å². The van der Waals surface area contributed by atoms with Gasteiger partial charge in [0.2, 0.25) is 0 Å². The van der Waals surface area contributed by atoms with Gasteiger partial charge in [-0.25, -0.2) is 0 Å². The quantitative estimate of drug-likeness (QED) is 0.574. The fourth-order valence-electron chi connectivity index (χ4n) is 2.64. The normalized spacial score (nSPS) is 21.9. The molecule has 1 aliphatic rings. The first-order chi connectivity index (χ1) is 8.38. The lowest BCUT2D eigenvalue weighted by Crippen LogP contribution is -2.37. The van der Waals surface area contributed by atoms with Crippen LogP contribution < -0.4 is 5.32 Å². The largest absolute Gasteiger partial charge is 0.313 e. The van der Waals surface area contributed by atoms with Crippen LogP contribution in [0.3, 0.4) is 0 Å². The van der Waals surface area contributed by atoms with Crippen molar-refractivity contribution in [3.8, 4) is 0 Å². The summed E-state index contributed by atoms with van der Waals surface area (Å²) >= 11 is 2.21. The molecule has 0 aromatic heterocycles. The number of nitrogens with one attached hydrogen (secondary N) is 1. The summed E-state index contributed by atoms with van der Waals surface area (Å²) in [6.07, 6.45) is 12.6. The molecule has 0 aromatic rings. The Balaban J connectivity index is 2.15. The number of thioether (sulfide) groups is 1. The summed E-state index contributed by atoms with van der Waals surface area (Å²) < 4.78 is 0. The molecular weight excluding hydrogens is 226 g/mol. The second-order valence-electron chi connectivity index (χ2n) is 5.31. The molecule has 17 heavy (non-hydrogen) atoms. The molecule has 0 spiro atoms. The first-order valence-corrected chi connectivity index (χ1v) is 8.78. The summed E-state index contributed by atoms with van der Waals surface area (Å²) in [6, 6.07) is 0.795. The smallest absolute Gasteiger partial charge is 0.0201 e. The summed E-state index contributed by atoms with van der Waals surface area (Å²) in [5, 5.41) is 4.69. The Morgan fingerprint density at radius 1 is 1.12 bits per heavy atom. The van der Waals surface area contributed by atoms with Gasteiger partial charge < -0.3 is 5.32 Å². The van der Waals surface area contributed by atoms with Crippen molar-refractivity contribution in [3.63, 3.8) is 0 Å². The van der Waals surface area contributed by atoms with E-state index in [9.17, 15) is 0 Å². The van der Waals surface area contributed by atoms with Crippen molar-refractivity contribution < 1.29 is 0 Å². The molecule has 1 rings (SSSR count). The molecule has 0 saturated carbocycles. The van der Waals surface area contributed by atoms with Crippen LogP contribution in [0.5, 0.6) is 0 Å². The molecule has 1 saturated heterocycles. The van der Waals surface area contributed by atoms with Crippen LogP contribution >= 0.6 is 11.8 Å². The van der Waals surface area contributed by atoms with Crippen molar-refractivity contribution in [3.05, 3.63) is 0 Å². The van der Waals surface area contributed by atoms with E-state index < -0.39 is 0 Å². The van der Waals surface area contributed by atoms with Gasteiger partial charge in [0.15, 0.2) is 0 Å². The fourth-order valence-corrected chi connectivity index (χ4v) is 4.07. The van der Waals surface area contributed by atoms with Gasteiger partial charge in [-0.2, -0.15) is 11.8 Å². The first-order valence-electron chi connectivity index (χ1n) is 7.73. The van der Waals surface area contributed by atoms with E-state index >= 15 is 0 Å². The van der Waals surface area contributed by atoms with Crippen molar-refractivity contribution >= 4 is 11.8 Å². The van der Waals surface area contributed by atoms with Crippen LogP contribution in [0, 0.1) is 0 Å². The van der Waals surface area contributed by atoms with Gasteiger partial charge >= 0.3 is 0 Å². The Morgan fingerprint density at radius 3 is 2.59 bits per heavy atom. The highest BCUT2D eigenvalue weighted by atomic mass is 32.2. The zero-order valence-corrected chi connectivity index (χ0v) is 12.7. The molecule has 0 bridgehead atoms. The molecule has 0 radical (unpaired) electrons. The van der Waals surface area contributed by atoms with E-state index in [1.54, 1.807) is 0 Å². The van der Waals surface area contributed by atoms with Crippen molar-refractivity contribution in [2.75, 3.05) is 12.3 Å². The van der Waals surface area contributed by atoms with E-state index in [1.165, 1.54) is 70.1 Å². The molecule has 2 heteroatoms. The molecule has 1 heterocycles. The third-order valence-corrected chi connectivity index (χ3v) is 5.21. The van der Waals surface area contributed by atoms with Gasteiger partial charge in [0.05, 0.1) is 0 Å². The van der Waals surface area contributed by atoms with Crippen LogP contribution in [0.25, 0.3) is 0 Å². The van der Waals surface area contributed by atoms with Crippen molar-refractivity contribution in [1.82, 2.24) is 5.32 Å². The third-order valence-electron chi connectivity index (χ3n) is 3.69. The van der Waals surface area contributed by atoms with Crippen LogP contribution in [-0.2, 0) is 0 Å². The second kappa shape index (κ2) is 10.3. The maximum atomic E-state index is 3.78. The van der Waals surface area contributed by atoms with Crippen LogP contribution in [0.1, 0.15) is 71.6 Å². The number of unbranched alkanes of at least 4 members (excludes halogenated alkanes) is 4. The second-order valence-corrected chi connectivity index (χ2v) is 6.66. The minimum absolute atomic E-state index is 0.795. The van der Waals surface area contributed by atoms with Gasteiger partial charge in [-0.3, -0.25) is 0 Å². The molecule has 2 atom stereocenters. The number of hydrogen-bond acceptors (Lipinski definition) is 2. The Bertz CT molecular complexity index is 166. The first kappa shape index (κ1) is 15.4. The van der Waals surface area contributed by atoms with E-state index in [4.69, 9.17) is 0 Å². The van der Waals surface area contributed by atoms with Gasteiger partial charge in [0.25, 0.3) is 0 Å². The minimum atomic E-state index is 0.795. The lowest BCUT2D eigenvalue weighted by Gasteiger charge is -2.24. The summed E-state index contributed by atoms with van der Waals surface area (Å²) in [4.78, 5) is 0. The highest BCUT2D eigenvalue weighted by molar-refractivity contribution is 8.00. The standard InChI is InChI=1S/C15H31NS/c1-3-5-6-7-8-10-14(16-12-4-2)15-11-9-13-17-15/h14-16H,3-13H2,1-2H3. The summed E-state index contributed by atoms with van der Waals surface area (Å²) in [6.45, 7) is 5.77. The molecule has 0 aliphatic carbocycles. The van der Waals surface area contributed by atoms with Gasteiger partial charge in [0, 0.05) is 11.3 Å². The molecule has 102 valence electrons. The highest BCUT2D eigenvalue weighted by Crippen LogP contribution is 2.30. The van der Waals surface area contributed by atoms with Gasteiger partial charge in [-0.05, 0) is 38.0 Å². The number of hydrogen-bond donors (Lipinski definition) is 1. The minimum Gasteiger partial charge on any atom is -0.313 e. The predicted molar refractivity (Wildman–Crippen MR) is 80.9 cm³/mol. The monoisotopic (exact) mass is 257 g/mol. The molecule has 2 unspecified atom stereocenters. The molecule has 0 aromatic carbocycles. The van der Waals surface area contributed by atoms with Crippen molar-refractivity contribution in [2.45, 2.75) is 82.9 Å². The molecular formula is C15H31NS. The van der Waals surface area contributed by atoms with Crippen LogP contribution in [0.4, 0.5) is 0 Å². The maximum Gasteiger partial charge on any atom is 0.0201 e. The van der Waals surface area contributed by atoms with Gasteiger partial charge in [-0.15, -0.1) is 0 Å². The summed E-state index contributed by atoms with van der Waals surface area (Å²) in [5.41, 5.74) is 0. The van der Waals surface area contributed by atoms with Crippen LogP contribution in [0.2, 0.25) is 0 Å². The van der Waals surface area contributed by atoms with E-state index in [0.717, 1.165) is 11.3 Å². The lowest BCUT2D eigenvalue weighted by atomic mass is 10.0. The van der Waals surface area contributed by atoms with Crippen LogP contribution in [0.15, 0.2) is 0 Å². The Hall–Kier alpha value is 0.310. The molecule has 1 N–H and O–H groups in total. The van der Waals surface area contributed by atoms with E-state index in [-0.39, 0.29) is 0 Å². The van der Waals surface area contributed by atoms with E-state index in [1.807, 2.05) is 0 Å². The molecule has 1 aliphatic heterocycles. The SMILES string of the molecule is CCCCCCCC(NCCC)C1CCCS1. The van der Waals surface area contributed by atoms with E-state index in [0.29, 0.717) is 0 Å². The topological polar surface area (TPSA) is 12.0 Å².